The van der Waals surface area contributed by atoms with Crippen LogP contribution in [0.3, 0.4) is 0 Å². The molecule has 6 rings (SSSR count). The van der Waals surface area contributed by atoms with Gasteiger partial charge in [0.1, 0.15) is 18.1 Å². The standard InChI is InChI=1S/C29H21N5O2S/c1-2-17-36-24-15-13-20(14-16-24)26-22(19-33(31-26)23-11-7-4-8-12-23)18-25-28(35)34-29(37-25)30-27(32-34)21-9-5-3-6-10-21/h2-16,18-19H,1,17H2. The Bertz CT molecular complexity index is 1800. The fraction of sp³-hybridized carbons (Fsp3) is 0.0345. The number of nitrogens with zero attached hydrogens (tertiary/aromatic N) is 5. The van der Waals surface area contributed by atoms with E-state index in [0.717, 1.165) is 33.8 Å². The van der Waals surface area contributed by atoms with E-state index in [-0.39, 0.29) is 5.56 Å². The molecule has 0 fully saturated rings. The van der Waals surface area contributed by atoms with Gasteiger partial charge in [0.05, 0.1) is 10.2 Å². The van der Waals surface area contributed by atoms with Crippen molar-refractivity contribution in [2.24, 2.45) is 0 Å². The maximum atomic E-state index is 13.2. The van der Waals surface area contributed by atoms with Crippen LogP contribution >= 0.6 is 11.3 Å². The van der Waals surface area contributed by atoms with Crippen molar-refractivity contribution in [1.29, 1.82) is 0 Å². The van der Waals surface area contributed by atoms with E-state index in [1.165, 1.54) is 15.9 Å². The highest BCUT2D eigenvalue weighted by molar-refractivity contribution is 7.15. The van der Waals surface area contributed by atoms with Gasteiger partial charge in [-0.2, -0.15) is 14.6 Å². The highest BCUT2D eigenvalue weighted by atomic mass is 32.1. The van der Waals surface area contributed by atoms with Gasteiger partial charge < -0.3 is 4.74 Å². The van der Waals surface area contributed by atoms with Gasteiger partial charge in [-0.1, -0.05) is 72.5 Å². The molecule has 37 heavy (non-hydrogen) atoms. The Morgan fingerprint density at radius 3 is 2.32 bits per heavy atom. The summed E-state index contributed by atoms with van der Waals surface area (Å²) in [6.45, 7) is 4.12. The largest absolute Gasteiger partial charge is 0.490 e. The maximum Gasteiger partial charge on any atom is 0.291 e. The number of rotatable bonds is 7. The smallest absolute Gasteiger partial charge is 0.291 e. The zero-order valence-electron chi connectivity index (χ0n) is 19.7. The number of hydrogen-bond donors (Lipinski definition) is 0. The van der Waals surface area contributed by atoms with Crippen LogP contribution in [0.4, 0.5) is 0 Å². The first-order valence-electron chi connectivity index (χ1n) is 11.7. The molecule has 7 nitrogen and oxygen atoms in total. The average Bonchev–Trinajstić information content (AvgIpc) is 3.64. The quantitative estimate of drug-likeness (QED) is 0.293. The molecular weight excluding hydrogens is 482 g/mol. The highest BCUT2D eigenvalue weighted by Gasteiger charge is 2.15. The summed E-state index contributed by atoms with van der Waals surface area (Å²) in [6.07, 6.45) is 5.49. The summed E-state index contributed by atoms with van der Waals surface area (Å²) in [5.74, 6) is 1.28. The highest BCUT2D eigenvalue weighted by Crippen LogP contribution is 2.26. The Hall–Kier alpha value is -4.82. The predicted octanol–water partition coefficient (Wildman–Crippen LogP) is 4.78. The minimum absolute atomic E-state index is 0.207. The summed E-state index contributed by atoms with van der Waals surface area (Å²) in [7, 11) is 0. The van der Waals surface area contributed by atoms with Crippen molar-refractivity contribution < 1.29 is 4.74 Å². The second kappa shape index (κ2) is 9.67. The van der Waals surface area contributed by atoms with Gasteiger partial charge >= 0.3 is 0 Å². The fourth-order valence-corrected chi connectivity index (χ4v) is 4.88. The van der Waals surface area contributed by atoms with Crippen LogP contribution in [-0.2, 0) is 0 Å². The van der Waals surface area contributed by atoms with E-state index < -0.39 is 0 Å². The number of thiazole rings is 1. The van der Waals surface area contributed by atoms with Gasteiger partial charge in [0, 0.05) is 22.9 Å². The number of ether oxygens (including phenoxy) is 1. The van der Waals surface area contributed by atoms with Crippen molar-refractivity contribution in [3.8, 4) is 34.1 Å². The van der Waals surface area contributed by atoms with Crippen LogP contribution in [0.1, 0.15) is 5.56 Å². The van der Waals surface area contributed by atoms with Gasteiger partial charge in [0.25, 0.3) is 5.56 Å². The molecule has 8 heteroatoms. The van der Waals surface area contributed by atoms with Crippen molar-refractivity contribution in [3.05, 3.63) is 124 Å². The molecule has 3 aromatic heterocycles. The molecule has 0 aliphatic heterocycles. The molecule has 0 spiro atoms. The van der Waals surface area contributed by atoms with Gasteiger partial charge in [-0.3, -0.25) is 4.79 Å². The number of para-hydroxylation sites is 1. The van der Waals surface area contributed by atoms with Crippen LogP contribution in [0.2, 0.25) is 0 Å². The van der Waals surface area contributed by atoms with E-state index in [4.69, 9.17) is 9.84 Å². The summed E-state index contributed by atoms with van der Waals surface area (Å²) in [5.41, 5.74) is 4.06. The summed E-state index contributed by atoms with van der Waals surface area (Å²) >= 11 is 1.31. The Labute approximate surface area is 216 Å². The molecule has 0 unspecified atom stereocenters. The van der Waals surface area contributed by atoms with Gasteiger partial charge in [0.2, 0.25) is 4.96 Å². The first-order chi connectivity index (χ1) is 18.2. The summed E-state index contributed by atoms with van der Waals surface area (Å²) < 4.78 is 9.34. The zero-order chi connectivity index (χ0) is 25.2. The lowest BCUT2D eigenvalue weighted by Crippen LogP contribution is -2.23. The van der Waals surface area contributed by atoms with Crippen LogP contribution in [0, 0.1) is 0 Å². The van der Waals surface area contributed by atoms with Crippen LogP contribution in [0.15, 0.2) is 109 Å². The number of benzene rings is 3. The molecule has 3 aromatic carbocycles. The van der Waals surface area contributed by atoms with Gasteiger partial charge in [0.15, 0.2) is 5.82 Å². The third-order valence-corrected chi connectivity index (χ3v) is 6.72. The molecule has 0 saturated carbocycles. The van der Waals surface area contributed by atoms with Gasteiger partial charge in [-0.05, 0) is 42.5 Å². The summed E-state index contributed by atoms with van der Waals surface area (Å²) in [6, 6.07) is 27.2. The second-order valence-electron chi connectivity index (χ2n) is 8.25. The molecule has 0 N–H and O–H groups in total. The zero-order valence-corrected chi connectivity index (χ0v) is 20.5. The van der Waals surface area contributed by atoms with Crippen molar-refractivity contribution in [2.45, 2.75) is 0 Å². The van der Waals surface area contributed by atoms with E-state index in [1.807, 2.05) is 102 Å². The molecule has 0 amide bonds. The van der Waals surface area contributed by atoms with E-state index in [1.54, 1.807) is 6.08 Å². The van der Waals surface area contributed by atoms with Crippen molar-refractivity contribution in [2.75, 3.05) is 6.61 Å². The Balaban J connectivity index is 1.45. The van der Waals surface area contributed by atoms with Crippen molar-refractivity contribution >= 4 is 22.4 Å². The van der Waals surface area contributed by atoms with E-state index in [0.29, 0.717) is 21.9 Å². The molecule has 3 heterocycles. The number of fused-ring (bicyclic) bond motifs is 1. The topological polar surface area (TPSA) is 74.3 Å². The van der Waals surface area contributed by atoms with Crippen LogP contribution in [-0.4, -0.2) is 31.0 Å². The fourth-order valence-electron chi connectivity index (χ4n) is 3.98. The Morgan fingerprint density at radius 2 is 1.62 bits per heavy atom. The molecule has 6 aromatic rings. The molecule has 0 bridgehead atoms. The van der Waals surface area contributed by atoms with Crippen LogP contribution < -0.4 is 14.8 Å². The SMILES string of the molecule is C=CCOc1ccc(-c2nn(-c3ccccc3)cc2C=c2sc3nc(-c4ccccc4)nn3c2=O)cc1. The molecule has 0 aliphatic carbocycles. The Kier molecular flexibility index (Phi) is 5.92. The Morgan fingerprint density at radius 1 is 0.892 bits per heavy atom. The van der Waals surface area contributed by atoms with Gasteiger partial charge in [-0.25, -0.2) is 4.68 Å². The monoisotopic (exact) mass is 503 g/mol. The minimum atomic E-state index is -0.207. The maximum absolute atomic E-state index is 13.2. The van der Waals surface area contributed by atoms with Crippen molar-refractivity contribution in [3.63, 3.8) is 0 Å². The molecule has 0 atom stereocenters. The molecule has 0 radical (unpaired) electrons. The van der Waals surface area contributed by atoms with Crippen LogP contribution in [0.25, 0.3) is 39.4 Å². The first-order valence-corrected chi connectivity index (χ1v) is 12.5. The number of hydrogen-bond acceptors (Lipinski definition) is 6. The van der Waals surface area contributed by atoms with E-state index >= 15 is 0 Å². The molecule has 0 saturated heterocycles. The lowest BCUT2D eigenvalue weighted by Gasteiger charge is -2.04. The van der Waals surface area contributed by atoms with Crippen LogP contribution in [0.5, 0.6) is 5.75 Å². The number of aromatic nitrogens is 5. The average molecular weight is 504 g/mol. The molecular formula is C29H21N5O2S. The summed E-state index contributed by atoms with van der Waals surface area (Å²) in [4.78, 5) is 18.4. The molecule has 0 aliphatic rings. The molecule has 180 valence electrons. The van der Waals surface area contributed by atoms with E-state index in [9.17, 15) is 4.79 Å². The third kappa shape index (κ3) is 4.46. The van der Waals surface area contributed by atoms with Gasteiger partial charge in [-0.15, -0.1) is 5.10 Å². The normalized spacial score (nSPS) is 11.7. The third-order valence-electron chi connectivity index (χ3n) is 5.76. The lowest BCUT2D eigenvalue weighted by molar-refractivity contribution is 0.363. The van der Waals surface area contributed by atoms with Crippen molar-refractivity contribution in [1.82, 2.24) is 24.4 Å². The first kappa shape index (κ1) is 22.6. The summed E-state index contributed by atoms with van der Waals surface area (Å²) in [5, 5.41) is 9.31. The lowest BCUT2D eigenvalue weighted by atomic mass is 10.1. The second-order valence-corrected chi connectivity index (χ2v) is 9.26. The van der Waals surface area contributed by atoms with E-state index in [2.05, 4.69) is 16.7 Å². The predicted molar refractivity (Wildman–Crippen MR) is 146 cm³/mol. The minimum Gasteiger partial charge on any atom is -0.490 e.